The molecule has 2 heteroatoms. The highest BCUT2D eigenvalue weighted by Crippen LogP contribution is 2.33. The van der Waals surface area contributed by atoms with Crippen molar-refractivity contribution in [1.82, 2.24) is 5.32 Å². The summed E-state index contributed by atoms with van der Waals surface area (Å²) in [7, 11) is 1.74. The van der Waals surface area contributed by atoms with Gasteiger partial charge < -0.3 is 10.1 Å². The number of fused-ring (bicyclic) bond motifs is 1. The van der Waals surface area contributed by atoms with Crippen molar-refractivity contribution in [3.05, 3.63) is 29.3 Å². The number of hydrogen-bond acceptors (Lipinski definition) is 2. The second kappa shape index (κ2) is 6.17. The van der Waals surface area contributed by atoms with Crippen molar-refractivity contribution in [3.63, 3.8) is 0 Å². The van der Waals surface area contributed by atoms with Crippen molar-refractivity contribution in [1.29, 1.82) is 0 Å². The fourth-order valence-corrected chi connectivity index (χ4v) is 2.72. The van der Waals surface area contributed by atoms with Gasteiger partial charge in [-0.1, -0.05) is 33.8 Å². The van der Waals surface area contributed by atoms with Crippen molar-refractivity contribution in [3.8, 4) is 5.75 Å². The molecule has 0 aliphatic heterocycles. The van der Waals surface area contributed by atoms with Crippen LogP contribution in [0.3, 0.4) is 0 Å². The largest absolute Gasteiger partial charge is 0.497 e. The predicted octanol–water partition coefficient (Wildman–Crippen LogP) is 4.34. The highest BCUT2D eigenvalue weighted by Gasteiger charge is 2.26. The zero-order valence-corrected chi connectivity index (χ0v) is 13.6. The van der Waals surface area contributed by atoms with Crippen LogP contribution in [0.1, 0.15) is 57.7 Å². The molecule has 1 aromatic carbocycles. The van der Waals surface area contributed by atoms with Gasteiger partial charge in [-0.15, -0.1) is 0 Å². The van der Waals surface area contributed by atoms with Gasteiger partial charge in [0.1, 0.15) is 5.75 Å². The number of nitrogens with one attached hydrogen (secondary N) is 1. The average Bonchev–Trinajstić information content (AvgIpc) is 2.44. The molecule has 1 aliphatic carbocycles. The zero-order chi connectivity index (χ0) is 14.8. The summed E-state index contributed by atoms with van der Waals surface area (Å²) < 4.78 is 5.34. The number of rotatable bonds is 5. The molecule has 2 nitrogen and oxygen atoms in total. The summed E-state index contributed by atoms with van der Waals surface area (Å²) in [6.45, 7) is 10.4. The molecule has 0 radical (unpaired) electrons. The Morgan fingerprint density at radius 2 is 2.10 bits per heavy atom. The number of aryl methyl sites for hydroxylation is 1. The molecule has 112 valence electrons. The van der Waals surface area contributed by atoms with Crippen LogP contribution >= 0.6 is 0 Å². The maximum absolute atomic E-state index is 5.34. The summed E-state index contributed by atoms with van der Waals surface area (Å²) in [5.41, 5.74) is 3.26. The van der Waals surface area contributed by atoms with Crippen LogP contribution in [0.25, 0.3) is 0 Å². The Kier molecular flexibility index (Phi) is 4.74. The molecule has 0 saturated carbocycles. The molecule has 1 aromatic rings. The zero-order valence-electron chi connectivity index (χ0n) is 13.6. The van der Waals surface area contributed by atoms with Crippen LogP contribution < -0.4 is 10.1 Å². The maximum atomic E-state index is 5.34. The molecule has 0 spiro atoms. The summed E-state index contributed by atoms with van der Waals surface area (Å²) in [5, 5.41) is 3.80. The number of hydrogen-bond donors (Lipinski definition) is 1. The molecule has 1 unspecified atom stereocenters. The van der Waals surface area contributed by atoms with Gasteiger partial charge >= 0.3 is 0 Å². The van der Waals surface area contributed by atoms with E-state index in [0.717, 1.165) is 12.3 Å². The third-order valence-electron chi connectivity index (χ3n) is 5.03. The quantitative estimate of drug-likeness (QED) is 0.863. The van der Waals surface area contributed by atoms with Crippen LogP contribution in [0.15, 0.2) is 18.2 Å². The number of benzene rings is 1. The van der Waals surface area contributed by atoms with Crippen molar-refractivity contribution >= 4 is 0 Å². The van der Waals surface area contributed by atoms with Gasteiger partial charge in [0.2, 0.25) is 0 Å². The van der Waals surface area contributed by atoms with Gasteiger partial charge in [0.05, 0.1) is 7.11 Å². The Balaban J connectivity index is 2.09. The molecule has 2 rings (SSSR count). The molecule has 0 aromatic heterocycles. The molecule has 20 heavy (non-hydrogen) atoms. The molecular formula is C18H29NO. The summed E-state index contributed by atoms with van der Waals surface area (Å²) in [4.78, 5) is 0. The second-order valence-electron chi connectivity index (χ2n) is 7.03. The fourth-order valence-electron chi connectivity index (χ4n) is 2.72. The van der Waals surface area contributed by atoms with Gasteiger partial charge in [0.25, 0.3) is 0 Å². The predicted molar refractivity (Wildman–Crippen MR) is 85.3 cm³/mol. The van der Waals surface area contributed by atoms with Crippen LogP contribution in [0.4, 0.5) is 0 Å². The highest BCUT2D eigenvalue weighted by atomic mass is 16.5. The second-order valence-corrected chi connectivity index (χ2v) is 7.03. The first kappa shape index (κ1) is 15.4. The first-order valence-corrected chi connectivity index (χ1v) is 7.84. The van der Waals surface area contributed by atoms with E-state index < -0.39 is 0 Å². The van der Waals surface area contributed by atoms with Gasteiger partial charge in [-0.3, -0.25) is 0 Å². The molecule has 1 N–H and O–H groups in total. The SMILES string of the molecule is COc1ccc2c(c1)CCCC2NCC(C)(C)C(C)C. The standard InChI is InChI=1S/C18H29NO/c1-13(2)18(3,4)12-19-17-8-6-7-14-11-15(20-5)9-10-16(14)17/h9-11,13,17,19H,6-8,12H2,1-5H3. The number of methoxy groups -OCH3 is 1. The molecule has 1 atom stereocenters. The minimum atomic E-state index is 0.337. The summed E-state index contributed by atoms with van der Waals surface area (Å²) in [6.07, 6.45) is 3.69. The Bertz CT molecular complexity index is 451. The highest BCUT2D eigenvalue weighted by molar-refractivity contribution is 5.39. The summed E-state index contributed by atoms with van der Waals surface area (Å²) in [5.74, 6) is 1.67. The van der Waals surface area contributed by atoms with Gasteiger partial charge in [-0.05, 0) is 53.9 Å². The van der Waals surface area contributed by atoms with Crippen LogP contribution in [-0.2, 0) is 6.42 Å². The summed E-state index contributed by atoms with van der Waals surface area (Å²) >= 11 is 0. The maximum Gasteiger partial charge on any atom is 0.119 e. The van der Waals surface area contributed by atoms with Crippen molar-refractivity contribution in [2.24, 2.45) is 11.3 Å². The van der Waals surface area contributed by atoms with E-state index in [4.69, 9.17) is 4.74 Å². The lowest BCUT2D eigenvalue weighted by molar-refractivity contribution is 0.224. The van der Waals surface area contributed by atoms with Crippen LogP contribution in [0.2, 0.25) is 0 Å². The summed E-state index contributed by atoms with van der Waals surface area (Å²) in [6, 6.07) is 7.04. The fraction of sp³-hybridized carbons (Fsp3) is 0.667. The van der Waals surface area contributed by atoms with Crippen LogP contribution in [0.5, 0.6) is 5.75 Å². The van der Waals surface area contributed by atoms with E-state index in [0.29, 0.717) is 17.4 Å². The lowest BCUT2D eigenvalue weighted by Gasteiger charge is -2.34. The third-order valence-corrected chi connectivity index (χ3v) is 5.03. The Morgan fingerprint density at radius 3 is 2.75 bits per heavy atom. The Hall–Kier alpha value is -1.02. The van der Waals surface area contributed by atoms with Gasteiger partial charge in [0.15, 0.2) is 0 Å². The monoisotopic (exact) mass is 275 g/mol. The minimum Gasteiger partial charge on any atom is -0.497 e. The van der Waals surface area contributed by atoms with Crippen molar-refractivity contribution in [2.75, 3.05) is 13.7 Å². The lowest BCUT2D eigenvalue weighted by Crippen LogP contribution is -2.36. The van der Waals surface area contributed by atoms with E-state index in [1.807, 2.05) is 0 Å². The van der Waals surface area contributed by atoms with Gasteiger partial charge in [-0.25, -0.2) is 0 Å². The molecule has 0 saturated heterocycles. The Morgan fingerprint density at radius 1 is 1.35 bits per heavy atom. The molecule has 0 heterocycles. The van der Waals surface area contributed by atoms with Crippen molar-refractivity contribution in [2.45, 2.75) is 53.0 Å². The van der Waals surface area contributed by atoms with Crippen LogP contribution in [0, 0.1) is 11.3 Å². The topological polar surface area (TPSA) is 21.3 Å². The van der Waals surface area contributed by atoms with E-state index in [1.165, 1.54) is 30.4 Å². The average molecular weight is 275 g/mol. The van der Waals surface area contributed by atoms with E-state index >= 15 is 0 Å². The van der Waals surface area contributed by atoms with E-state index in [-0.39, 0.29) is 0 Å². The van der Waals surface area contributed by atoms with Gasteiger partial charge in [-0.2, -0.15) is 0 Å². The van der Waals surface area contributed by atoms with Crippen LogP contribution in [-0.4, -0.2) is 13.7 Å². The third kappa shape index (κ3) is 3.35. The van der Waals surface area contributed by atoms with Crippen molar-refractivity contribution < 1.29 is 4.74 Å². The molecule has 0 fully saturated rings. The first-order valence-electron chi connectivity index (χ1n) is 7.84. The molecular weight excluding hydrogens is 246 g/mol. The smallest absolute Gasteiger partial charge is 0.119 e. The molecule has 0 bridgehead atoms. The lowest BCUT2D eigenvalue weighted by atomic mass is 9.80. The van der Waals surface area contributed by atoms with E-state index in [1.54, 1.807) is 7.11 Å². The minimum absolute atomic E-state index is 0.337. The van der Waals surface area contributed by atoms with E-state index in [9.17, 15) is 0 Å². The van der Waals surface area contributed by atoms with E-state index in [2.05, 4.69) is 51.2 Å². The first-order chi connectivity index (χ1) is 9.44. The van der Waals surface area contributed by atoms with Gasteiger partial charge in [0, 0.05) is 12.6 Å². The molecule has 1 aliphatic rings. The number of ether oxygens (including phenoxy) is 1. The normalized spacial score (nSPS) is 19.0. The molecule has 0 amide bonds. The Labute approximate surface area is 123 Å².